The molecule has 2 rings (SSSR count). The first-order valence-electron chi connectivity index (χ1n) is 3.62. The van der Waals surface area contributed by atoms with Crippen molar-refractivity contribution in [2.45, 2.75) is 0 Å². The van der Waals surface area contributed by atoms with E-state index in [9.17, 15) is 0 Å². The molecule has 0 fully saturated rings. The Morgan fingerprint density at radius 2 is 2.23 bits per heavy atom. The first-order valence-corrected chi connectivity index (χ1v) is 4.00. The molecule has 3 nitrogen and oxygen atoms in total. The predicted molar refractivity (Wildman–Crippen MR) is 49.3 cm³/mol. The molecule has 0 aliphatic heterocycles. The van der Waals surface area contributed by atoms with E-state index in [2.05, 4.69) is 9.97 Å². The highest BCUT2D eigenvalue weighted by molar-refractivity contribution is 6.30. The van der Waals surface area contributed by atoms with Crippen LogP contribution in [0.1, 0.15) is 5.56 Å². The van der Waals surface area contributed by atoms with E-state index in [1.807, 2.05) is 6.07 Å². The van der Waals surface area contributed by atoms with E-state index in [0.717, 1.165) is 0 Å². The fourth-order valence-electron chi connectivity index (χ4n) is 1.06. The Bertz CT molecular complexity index is 502. The SMILES string of the molecule is N#Cc1cc2ncccc2nc1Cl. The Hall–Kier alpha value is -1.66. The summed E-state index contributed by atoms with van der Waals surface area (Å²) in [5, 5.41) is 8.90. The third-order valence-electron chi connectivity index (χ3n) is 1.66. The summed E-state index contributed by atoms with van der Waals surface area (Å²) in [7, 11) is 0. The Kier molecular flexibility index (Phi) is 1.84. The molecule has 0 amide bonds. The van der Waals surface area contributed by atoms with Gasteiger partial charge < -0.3 is 0 Å². The molecule has 0 atom stereocenters. The van der Waals surface area contributed by atoms with Crippen LogP contribution in [0.4, 0.5) is 0 Å². The van der Waals surface area contributed by atoms with Crippen molar-refractivity contribution < 1.29 is 0 Å². The summed E-state index contributed by atoms with van der Waals surface area (Å²) in [6.07, 6.45) is 1.65. The van der Waals surface area contributed by atoms with E-state index >= 15 is 0 Å². The molecule has 0 spiro atoms. The number of pyridine rings is 2. The molecule has 2 aromatic heterocycles. The maximum atomic E-state index is 8.68. The van der Waals surface area contributed by atoms with Gasteiger partial charge in [-0.2, -0.15) is 5.26 Å². The van der Waals surface area contributed by atoms with Gasteiger partial charge in [0, 0.05) is 6.20 Å². The minimum absolute atomic E-state index is 0.225. The van der Waals surface area contributed by atoms with Gasteiger partial charge in [-0.25, -0.2) is 4.98 Å². The summed E-state index contributed by atoms with van der Waals surface area (Å²) in [6.45, 7) is 0. The van der Waals surface area contributed by atoms with Crippen molar-refractivity contribution in [3.8, 4) is 6.07 Å². The monoisotopic (exact) mass is 189 g/mol. The zero-order valence-corrected chi connectivity index (χ0v) is 7.28. The van der Waals surface area contributed by atoms with Gasteiger partial charge in [-0.1, -0.05) is 11.6 Å². The first kappa shape index (κ1) is 7.96. The second-order valence-electron chi connectivity index (χ2n) is 2.48. The lowest BCUT2D eigenvalue weighted by Crippen LogP contribution is -1.86. The van der Waals surface area contributed by atoms with Gasteiger partial charge in [0.2, 0.25) is 0 Å². The van der Waals surface area contributed by atoms with Gasteiger partial charge in [0.1, 0.15) is 11.2 Å². The number of nitrogens with zero attached hydrogens (tertiary/aromatic N) is 3. The van der Waals surface area contributed by atoms with Crippen LogP contribution in [0.5, 0.6) is 0 Å². The molecule has 0 saturated carbocycles. The molecule has 0 aliphatic carbocycles. The largest absolute Gasteiger partial charge is 0.255 e. The molecule has 0 N–H and O–H groups in total. The van der Waals surface area contributed by atoms with Crippen molar-refractivity contribution >= 4 is 22.6 Å². The summed E-state index contributed by atoms with van der Waals surface area (Å²) >= 11 is 5.74. The second kappa shape index (κ2) is 3.00. The van der Waals surface area contributed by atoms with Gasteiger partial charge >= 0.3 is 0 Å². The van der Waals surface area contributed by atoms with Crippen molar-refractivity contribution in [2.75, 3.05) is 0 Å². The van der Waals surface area contributed by atoms with Crippen LogP contribution in [0.15, 0.2) is 24.4 Å². The fourth-order valence-corrected chi connectivity index (χ4v) is 1.24. The van der Waals surface area contributed by atoms with Gasteiger partial charge in [0.25, 0.3) is 0 Å². The number of halogens is 1. The fraction of sp³-hybridized carbons (Fsp3) is 0. The van der Waals surface area contributed by atoms with E-state index in [4.69, 9.17) is 16.9 Å². The minimum Gasteiger partial charge on any atom is -0.255 e. The van der Waals surface area contributed by atoms with Crippen molar-refractivity contribution in [3.63, 3.8) is 0 Å². The maximum absolute atomic E-state index is 8.68. The summed E-state index contributed by atoms with van der Waals surface area (Å²) in [5.74, 6) is 0. The average molecular weight is 190 g/mol. The first-order chi connectivity index (χ1) is 6.31. The van der Waals surface area contributed by atoms with Gasteiger partial charge in [0.05, 0.1) is 16.6 Å². The van der Waals surface area contributed by atoms with Crippen LogP contribution in [0.3, 0.4) is 0 Å². The molecule has 0 unspecified atom stereocenters. The van der Waals surface area contributed by atoms with Crippen molar-refractivity contribution in [3.05, 3.63) is 35.1 Å². The molecule has 0 aliphatic rings. The maximum Gasteiger partial charge on any atom is 0.147 e. The summed E-state index contributed by atoms with van der Waals surface area (Å²) in [4.78, 5) is 8.09. The minimum atomic E-state index is 0.225. The average Bonchev–Trinajstić information content (AvgIpc) is 2.17. The van der Waals surface area contributed by atoms with Crippen LogP contribution in [0.25, 0.3) is 11.0 Å². The van der Waals surface area contributed by atoms with Crippen LogP contribution >= 0.6 is 11.6 Å². The molecule has 0 radical (unpaired) electrons. The van der Waals surface area contributed by atoms with Gasteiger partial charge in [0.15, 0.2) is 0 Å². The molecule has 13 heavy (non-hydrogen) atoms. The lowest BCUT2D eigenvalue weighted by atomic mass is 10.2. The number of hydrogen-bond donors (Lipinski definition) is 0. The third-order valence-corrected chi connectivity index (χ3v) is 1.95. The second-order valence-corrected chi connectivity index (χ2v) is 2.84. The lowest BCUT2D eigenvalue weighted by Gasteiger charge is -1.97. The summed E-state index contributed by atoms with van der Waals surface area (Å²) in [5.41, 5.74) is 1.74. The van der Waals surface area contributed by atoms with Crippen molar-refractivity contribution in [1.29, 1.82) is 5.26 Å². The Labute approximate surface area is 79.6 Å². The standard InChI is InChI=1S/C9H4ClN3/c10-9-6(5-11)4-8-7(13-9)2-1-3-12-8/h1-4H. The zero-order valence-electron chi connectivity index (χ0n) is 6.53. The van der Waals surface area contributed by atoms with Crippen molar-refractivity contribution in [2.24, 2.45) is 0 Å². The molecule has 0 bridgehead atoms. The predicted octanol–water partition coefficient (Wildman–Crippen LogP) is 2.15. The Morgan fingerprint density at radius 3 is 3.00 bits per heavy atom. The molecule has 0 aromatic carbocycles. The van der Waals surface area contributed by atoms with Crippen molar-refractivity contribution in [1.82, 2.24) is 9.97 Å². The van der Waals surface area contributed by atoms with E-state index in [0.29, 0.717) is 16.6 Å². The highest BCUT2D eigenvalue weighted by atomic mass is 35.5. The van der Waals surface area contributed by atoms with Gasteiger partial charge in [-0.3, -0.25) is 4.98 Å². The van der Waals surface area contributed by atoms with Gasteiger partial charge in [-0.05, 0) is 18.2 Å². The van der Waals surface area contributed by atoms with Crippen LogP contribution in [0, 0.1) is 11.3 Å². The quantitative estimate of drug-likeness (QED) is 0.597. The summed E-state index contributed by atoms with van der Waals surface area (Å²) in [6, 6.07) is 7.16. The van der Waals surface area contributed by atoms with E-state index in [1.54, 1.807) is 24.4 Å². The molecular formula is C9H4ClN3. The third kappa shape index (κ3) is 1.32. The molecule has 4 heteroatoms. The normalized spacial score (nSPS) is 9.85. The molecule has 0 saturated heterocycles. The van der Waals surface area contributed by atoms with Crippen LogP contribution in [-0.4, -0.2) is 9.97 Å². The van der Waals surface area contributed by atoms with Gasteiger partial charge in [-0.15, -0.1) is 0 Å². The van der Waals surface area contributed by atoms with E-state index < -0.39 is 0 Å². The number of rotatable bonds is 0. The highest BCUT2D eigenvalue weighted by Crippen LogP contribution is 2.17. The highest BCUT2D eigenvalue weighted by Gasteiger charge is 2.03. The zero-order chi connectivity index (χ0) is 9.26. The Balaban J connectivity index is 2.83. The topological polar surface area (TPSA) is 49.6 Å². The number of hydrogen-bond acceptors (Lipinski definition) is 3. The summed E-state index contributed by atoms with van der Waals surface area (Å²) < 4.78 is 0. The molecule has 2 heterocycles. The Morgan fingerprint density at radius 1 is 1.38 bits per heavy atom. The number of fused-ring (bicyclic) bond motifs is 1. The lowest BCUT2D eigenvalue weighted by molar-refractivity contribution is 1.32. The number of aromatic nitrogens is 2. The smallest absolute Gasteiger partial charge is 0.147 e. The number of nitriles is 1. The van der Waals surface area contributed by atoms with E-state index in [-0.39, 0.29) is 5.15 Å². The van der Waals surface area contributed by atoms with Crippen LogP contribution in [0.2, 0.25) is 5.15 Å². The molecular weight excluding hydrogens is 186 g/mol. The molecule has 2 aromatic rings. The molecule has 62 valence electrons. The van der Waals surface area contributed by atoms with Crippen LogP contribution < -0.4 is 0 Å². The van der Waals surface area contributed by atoms with Crippen LogP contribution in [-0.2, 0) is 0 Å². The van der Waals surface area contributed by atoms with E-state index in [1.165, 1.54) is 0 Å².